The van der Waals surface area contributed by atoms with E-state index < -0.39 is 29.7 Å². The first-order valence-corrected chi connectivity index (χ1v) is 7.34. The average molecular weight is 326 g/mol. The minimum absolute atomic E-state index is 0.00173. The quantitative estimate of drug-likeness (QED) is 0.789. The third-order valence-corrected chi connectivity index (χ3v) is 4.22. The van der Waals surface area contributed by atoms with Crippen molar-refractivity contribution < 1.29 is 24.6 Å². The van der Waals surface area contributed by atoms with Crippen LogP contribution in [0.5, 0.6) is 0 Å². The van der Waals surface area contributed by atoms with Crippen molar-refractivity contribution in [3.05, 3.63) is 28.8 Å². The molecule has 0 spiro atoms. The van der Waals surface area contributed by atoms with Crippen molar-refractivity contribution in [2.75, 3.05) is 5.32 Å². The van der Waals surface area contributed by atoms with E-state index in [2.05, 4.69) is 5.32 Å². The highest BCUT2D eigenvalue weighted by Crippen LogP contribution is 2.32. The first kappa shape index (κ1) is 16.3. The zero-order valence-corrected chi connectivity index (χ0v) is 12.5. The Kier molecular flexibility index (Phi) is 5.03. The van der Waals surface area contributed by atoms with Crippen LogP contribution in [-0.2, 0) is 9.59 Å². The average Bonchev–Trinajstić information content (AvgIpc) is 2.49. The number of benzene rings is 1. The van der Waals surface area contributed by atoms with E-state index in [0.717, 1.165) is 12.8 Å². The van der Waals surface area contributed by atoms with Crippen LogP contribution in [0.3, 0.4) is 0 Å². The number of hydrogen-bond acceptors (Lipinski definition) is 3. The Bertz CT molecular complexity index is 616. The van der Waals surface area contributed by atoms with Crippen LogP contribution in [-0.4, -0.2) is 28.1 Å². The molecule has 1 aliphatic rings. The molecule has 7 heteroatoms. The Labute approximate surface area is 132 Å². The number of carboxylic acid groups (broad SMARTS) is 2. The Morgan fingerprint density at radius 2 is 1.73 bits per heavy atom. The maximum atomic E-state index is 12.3. The van der Waals surface area contributed by atoms with Gasteiger partial charge in [-0.3, -0.25) is 9.59 Å². The van der Waals surface area contributed by atoms with Gasteiger partial charge in [0.2, 0.25) is 5.91 Å². The molecule has 118 valence electrons. The van der Waals surface area contributed by atoms with Crippen molar-refractivity contribution in [2.24, 2.45) is 11.8 Å². The number of halogens is 1. The second kappa shape index (κ2) is 6.79. The smallest absolute Gasteiger partial charge is 0.335 e. The molecule has 1 aliphatic carbocycles. The van der Waals surface area contributed by atoms with Crippen LogP contribution in [0.1, 0.15) is 36.0 Å². The summed E-state index contributed by atoms with van der Waals surface area (Å²) in [6.07, 6.45) is 2.55. The summed E-state index contributed by atoms with van der Waals surface area (Å²) in [6, 6.07) is 3.98. The summed E-state index contributed by atoms with van der Waals surface area (Å²) < 4.78 is 0. The van der Waals surface area contributed by atoms with Crippen LogP contribution in [0.25, 0.3) is 0 Å². The third-order valence-electron chi connectivity index (χ3n) is 3.89. The van der Waals surface area contributed by atoms with E-state index >= 15 is 0 Å². The first-order chi connectivity index (χ1) is 10.4. The van der Waals surface area contributed by atoms with Gasteiger partial charge < -0.3 is 15.5 Å². The fourth-order valence-electron chi connectivity index (χ4n) is 2.72. The van der Waals surface area contributed by atoms with Gasteiger partial charge in [-0.05, 0) is 31.0 Å². The molecule has 1 fully saturated rings. The zero-order chi connectivity index (χ0) is 16.3. The molecule has 0 unspecified atom stereocenters. The SMILES string of the molecule is O=C(O)c1ccc(Cl)c(NC(=O)[C@H]2CCCC[C@H]2C(=O)O)c1. The molecule has 0 heterocycles. The van der Waals surface area contributed by atoms with Crippen LogP contribution < -0.4 is 5.32 Å². The van der Waals surface area contributed by atoms with Gasteiger partial charge in [0.1, 0.15) is 0 Å². The number of anilines is 1. The van der Waals surface area contributed by atoms with Crippen molar-refractivity contribution in [1.29, 1.82) is 0 Å². The monoisotopic (exact) mass is 325 g/mol. The maximum absolute atomic E-state index is 12.3. The van der Waals surface area contributed by atoms with Gasteiger partial charge in [0.05, 0.1) is 28.1 Å². The molecule has 0 aromatic heterocycles. The second-order valence-corrected chi connectivity index (χ2v) is 5.73. The molecule has 2 atom stereocenters. The van der Waals surface area contributed by atoms with E-state index in [1.165, 1.54) is 18.2 Å². The summed E-state index contributed by atoms with van der Waals surface area (Å²) in [7, 11) is 0. The summed E-state index contributed by atoms with van der Waals surface area (Å²) in [5.74, 6) is -3.89. The Hall–Kier alpha value is -2.08. The summed E-state index contributed by atoms with van der Waals surface area (Å²) in [5, 5.41) is 20.9. The molecule has 0 bridgehead atoms. The number of nitrogens with one attached hydrogen (secondary N) is 1. The number of rotatable bonds is 4. The molecule has 0 saturated heterocycles. The standard InChI is InChI=1S/C15H16ClNO5/c16-11-6-5-8(14(19)20)7-12(11)17-13(18)9-3-1-2-4-10(9)15(21)22/h5-7,9-10H,1-4H2,(H,17,18)(H,19,20)(H,21,22)/t9-,10+/m0/s1. The fraction of sp³-hybridized carbons (Fsp3) is 0.400. The van der Waals surface area contributed by atoms with Gasteiger partial charge in [0.25, 0.3) is 0 Å². The van der Waals surface area contributed by atoms with Crippen molar-refractivity contribution in [3.8, 4) is 0 Å². The summed E-state index contributed by atoms with van der Waals surface area (Å²) in [6.45, 7) is 0. The summed E-state index contributed by atoms with van der Waals surface area (Å²) in [4.78, 5) is 34.5. The Morgan fingerprint density at radius 1 is 1.09 bits per heavy atom. The number of amides is 1. The molecule has 3 N–H and O–H groups in total. The predicted octanol–water partition coefficient (Wildman–Crippen LogP) is 2.87. The third kappa shape index (κ3) is 3.57. The Balaban J connectivity index is 2.19. The minimum atomic E-state index is -1.13. The van der Waals surface area contributed by atoms with Crippen molar-refractivity contribution in [2.45, 2.75) is 25.7 Å². The molecule has 0 aliphatic heterocycles. The molecule has 22 heavy (non-hydrogen) atoms. The van der Waals surface area contributed by atoms with Crippen molar-refractivity contribution in [3.63, 3.8) is 0 Å². The van der Waals surface area contributed by atoms with Gasteiger partial charge in [0, 0.05) is 0 Å². The first-order valence-electron chi connectivity index (χ1n) is 6.96. The summed E-state index contributed by atoms with van der Waals surface area (Å²) >= 11 is 5.96. The van der Waals surface area contributed by atoms with Crippen LogP contribution in [0.4, 0.5) is 5.69 Å². The van der Waals surface area contributed by atoms with E-state index in [9.17, 15) is 19.5 Å². The highest BCUT2D eigenvalue weighted by atomic mass is 35.5. The number of hydrogen-bond donors (Lipinski definition) is 3. The minimum Gasteiger partial charge on any atom is -0.481 e. The number of aliphatic carboxylic acids is 1. The van der Waals surface area contributed by atoms with Gasteiger partial charge in [-0.1, -0.05) is 24.4 Å². The van der Waals surface area contributed by atoms with E-state index in [4.69, 9.17) is 16.7 Å². The fourth-order valence-corrected chi connectivity index (χ4v) is 2.88. The lowest BCUT2D eigenvalue weighted by Gasteiger charge is -2.27. The van der Waals surface area contributed by atoms with Crippen molar-refractivity contribution >= 4 is 35.1 Å². The largest absolute Gasteiger partial charge is 0.481 e. The number of carbonyl (C=O) groups is 3. The van der Waals surface area contributed by atoms with E-state index in [0.29, 0.717) is 12.8 Å². The van der Waals surface area contributed by atoms with Crippen LogP contribution in [0.2, 0.25) is 5.02 Å². The van der Waals surface area contributed by atoms with Gasteiger partial charge in [-0.15, -0.1) is 0 Å². The van der Waals surface area contributed by atoms with Crippen LogP contribution in [0.15, 0.2) is 18.2 Å². The lowest BCUT2D eigenvalue weighted by molar-refractivity contribution is -0.147. The predicted molar refractivity (Wildman–Crippen MR) is 80.1 cm³/mol. The molecular formula is C15H16ClNO5. The summed E-state index contributed by atoms with van der Waals surface area (Å²) in [5.41, 5.74) is 0.180. The van der Waals surface area contributed by atoms with Gasteiger partial charge in [-0.2, -0.15) is 0 Å². The van der Waals surface area contributed by atoms with Crippen LogP contribution >= 0.6 is 11.6 Å². The van der Waals surface area contributed by atoms with Gasteiger partial charge in [0.15, 0.2) is 0 Å². The topological polar surface area (TPSA) is 104 Å². The van der Waals surface area contributed by atoms with Crippen LogP contribution in [0, 0.1) is 11.8 Å². The molecule has 1 amide bonds. The van der Waals surface area contributed by atoms with Gasteiger partial charge in [-0.25, -0.2) is 4.79 Å². The maximum Gasteiger partial charge on any atom is 0.335 e. The van der Waals surface area contributed by atoms with E-state index in [-0.39, 0.29) is 16.3 Å². The lowest BCUT2D eigenvalue weighted by atomic mass is 9.78. The molecule has 1 aromatic rings. The van der Waals surface area contributed by atoms with E-state index in [1.807, 2.05) is 0 Å². The van der Waals surface area contributed by atoms with Gasteiger partial charge >= 0.3 is 11.9 Å². The molecule has 1 saturated carbocycles. The number of aromatic carboxylic acids is 1. The molecular weight excluding hydrogens is 310 g/mol. The molecule has 1 aromatic carbocycles. The highest BCUT2D eigenvalue weighted by molar-refractivity contribution is 6.33. The lowest BCUT2D eigenvalue weighted by Crippen LogP contribution is -2.36. The number of carboxylic acids is 2. The molecule has 2 rings (SSSR count). The molecule has 6 nitrogen and oxygen atoms in total. The normalized spacial score (nSPS) is 21.1. The molecule has 0 radical (unpaired) electrons. The van der Waals surface area contributed by atoms with Crippen molar-refractivity contribution in [1.82, 2.24) is 0 Å². The highest BCUT2D eigenvalue weighted by Gasteiger charge is 2.35. The second-order valence-electron chi connectivity index (χ2n) is 5.32. The van der Waals surface area contributed by atoms with E-state index in [1.54, 1.807) is 0 Å². The number of carbonyl (C=O) groups excluding carboxylic acids is 1. The Morgan fingerprint density at radius 3 is 2.32 bits per heavy atom. The zero-order valence-electron chi connectivity index (χ0n) is 11.7.